The van der Waals surface area contributed by atoms with Crippen molar-refractivity contribution in [2.24, 2.45) is 0 Å². The fourth-order valence-corrected chi connectivity index (χ4v) is 3.23. The Morgan fingerprint density at radius 1 is 0.957 bits per heavy atom. The Labute approximate surface area is 135 Å². The molecule has 1 atom stereocenters. The average molecular weight is 305 g/mol. The van der Waals surface area contributed by atoms with Crippen LogP contribution >= 0.6 is 0 Å². The van der Waals surface area contributed by atoms with Crippen LogP contribution in [-0.2, 0) is 6.42 Å². The van der Waals surface area contributed by atoms with Gasteiger partial charge in [-0.3, -0.25) is 0 Å². The largest absolute Gasteiger partial charge is 0.454 e. The van der Waals surface area contributed by atoms with Crippen LogP contribution in [0.5, 0.6) is 11.5 Å². The van der Waals surface area contributed by atoms with Crippen LogP contribution in [0.4, 0.5) is 0 Å². The topological polar surface area (TPSA) is 30.5 Å². The Morgan fingerprint density at radius 3 is 2.70 bits per heavy atom. The summed E-state index contributed by atoms with van der Waals surface area (Å²) in [4.78, 5) is 0. The van der Waals surface area contributed by atoms with Gasteiger partial charge >= 0.3 is 0 Å². The van der Waals surface area contributed by atoms with E-state index >= 15 is 0 Å². The van der Waals surface area contributed by atoms with Crippen molar-refractivity contribution in [1.82, 2.24) is 5.32 Å². The second kappa shape index (κ2) is 5.94. The molecule has 0 aliphatic carbocycles. The highest BCUT2D eigenvalue weighted by atomic mass is 16.7. The highest BCUT2D eigenvalue weighted by Gasteiger charge is 2.17. The minimum absolute atomic E-state index is 0.251. The smallest absolute Gasteiger partial charge is 0.231 e. The first-order chi connectivity index (χ1) is 11.3. The SMILES string of the molecule is CNC(Cc1ccc2c(c1)OCO2)c1cccc2ccccc12. The zero-order valence-electron chi connectivity index (χ0n) is 13.1. The van der Waals surface area contributed by atoms with E-state index in [1.165, 1.54) is 21.9 Å². The molecule has 0 amide bonds. The molecule has 0 spiro atoms. The molecular formula is C20H19NO2. The Balaban J connectivity index is 1.68. The van der Waals surface area contributed by atoms with Gasteiger partial charge in [0.1, 0.15) is 0 Å². The molecule has 1 N–H and O–H groups in total. The molecule has 0 radical (unpaired) electrons. The number of likely N-dealkylation sites (N-methyl/N-ethyl adjacent to an activating group) is 1. The van der Waals surface area contributed by atoms with E-state index in [0.717, 1.165) is 17.9 Å². The summed E-state index contributed by atoms with van der Waals surface area (Å²) < 4.78 is 10.9. The van der Waals surface area contributed by atoms with Gasteiger partial charge in [-0.15, -0.1) is 0 Å². The molecular weight excluding hydrogens is 286 g/mol. The predicted molar refractivity (Wildman–Crippen MR) is 92.0 cm³/mol. The normalized spacial score (nSPS) is 14.1. The fourth-order valence-electron chi connectivity index (χ4n) is 3.23. The summed E-state index contributed by atoms with van der Waals surface area (Å²) >= 11 is 0. The van der Waals surface area contributed by atoms with E-state index in [4.69, 9.17) is 9.47 Å². The molecule has 1 heterocycles. The number of nitrogens with one attached hydrogen (secondary N) is 1. The number of rotatable bonds is 4. The maximum Gasteiger partial charge on any atom is 0.231 e. The van der Waals surface area contributed by atoms with Gasteiger partial charge in [-0.1, -0.05) is 48.5 Å². The molecule has 3 aromatic rings. The van der Waals surface area contributed by atoms with Crippen LogP contribution in [0.25, 0.3) is 10.8 Å². The number of fused-ring (bicyclic) bond motifs is 2. The van der Waals surface area contributed by atoms with Gasteiger partial charge < -0.3 is 14.8 Å². The molecule has 0 fully saturated rings. The standard InChI is InChI=1S/C20H19NO2/c1-21-18(11-14-9-10-19-20(12-14)23-13-22-19)17-8-4-6-15-5-2-3-7-16(15)17/h2-10,12,18,21H,11,13H2,1H3. The summed E-state index contributed by atoms with van der Waals surface area (Å²) in [5.41, 5.74) is 2.56. The highest BCUT2D eigenvalue weighted by Crippen LogP contribution is 2.34. The Kier molecular flexibility index (Phi) is 3.64. The minimum atomic E-state index is 0.251. The van der Waals surface area contributed by atoms with Crippen LogP contribution in [0.2, 0.25) is 0 Å². The molecule has 23 heavy (non-hydrogen) atoms. The monoisotopic (exact) mass is 305 g/mol. The molecule has 1 aliphatic heterocycles. The average Bonchev–Trinajstić information content (AvgIpc) is 3.07. The van der Waals surface area contributed by atoms with E-state index in [9.17, 15) is 0 Å². The summed E-state index contributed by atoms with van der Waals surface area (Å²) in [6.45, 7) is 0.317. The minimum Gasteiger partial charge on any atom is -0.454 e. The molecule has 0 bridgehead atoms. The van der Waals surface area contributed by atoms with Gasteiger partial charge in [0.15, 0.2) is 11.5 Å². The Morgan fingerprint density at radius 2 is 1.78 bits per heavy atom. The molecule has 1 aliphatic rings. The number of hydrogen-bond donors (Lipinski definition) is 1. The first kappa shape index (κ1) is 14.1. The van der Waals surface area contributed by atoms with Crippen molar-refractivity contribution in [2.75, 3.05) is 13.8 Å². The van der Waals surface area contributed by atoms with Gasteiger partial charge in [-0.2, -0.15) is 0 Å². The van der Waals surface area contributed by atoms with Gasteiger partial charge in [0.2, 0.25) is 6.79 Å². The molecule has 3 aromatic carbocycles. The van der Waals surface area contributed by atoms with Crippen LogP contribution in [0.15, 0.2) is 60.7 Å². The second-order valence-electron chi connectivity index (χ2n) is 5.80. The van der Waals surface area contributed by atoms with Crippen LogP contribution in [-0.4, -0.2) is 13.8 Å². The van der Waals surface area contributed by atoms with Gasteiger partial charge in [-0.05, 0) is 47.5 Å². The first-order valence-corrected chi connectivity index (χ1v) is 7.88. The van der Waals surface area contributed by atoms with E-state index in [-0.39, 0.29) is 6.04 Å². The lowest BCUT2D eigenvalue weighted by Gasteiger charge is -2.19. The van der Waals surface area contributed by atoms with E-state index in [2.05, 4.69) is 59.9 Å². The maximum absolute atomic E-state index is 5.49. The molecule has 1 unspecified atom stereocenters. The third-order valence-electron chi connectivity index (χ3n) is 4.42. The Bertz CT molecular complexity index is 839. The highest BCUT2D eigenvalue weighted by molar-refractivity contribution is 5.86. The maximum atomic E-state index is 5.49. The van der Waals surface area contributed by atoms with Crippen molar-refractivity contribution in [3.05, 3.63) is 71.8 Å². The van der Waals surface area contributed by atoms with Gasteiger partial charge in [0, 0.05) is 6.04 Å². The third kappa shape index (κ3) is 2.64. The molecule has 0 aromatic heterocycles. The van der Waals surface area contributed by atoms with Crippen LogP contribution in [0.1, 0.15) is 17.2 Å². The predicted octanol–water partition coefficient (Wildman–Crippen LogP) is 4.07. The van der Waals surface area contributed by atoms with Crippen LogP contribution < -0.4 is 14.8 Å². The zero-order chi connectivity index (χ0) is 15.6. The fraction of sp³-hybridized carbons (Fsp3) is 0.200. The third-order valence-corrected chi connectivity index (χ3v) is 4.42. The Hall–Kier alpha value is -2.52. The van der Waals surface area contributed by atoms with Crippen LogP contribution in [0.3, 0.4) is 0 Å². The summed E-state index contributed by atoms with van der Waals surface area (Å²) in [7, 11) is 2.01. The lowest BCUT2D eigenvalue weighted by atomic mass is 9.94. The van der Waals surface area contributed by atoms with Crippen molar-refractivity contribution >= 4 is 10.8 Å². The molecule has 0 saturated heterocycles. The van der Waals surface area contributed by atoms with Crippen molar-refractivity contribution in [3.63, 3.8) is 0 Å². The quantitative estimate of drug-likeness (QED) is 0.788. The molecule has 0 saturated carbocycles. The summed E-state index contributed by atoms with van der Waals surface area (Å²) in [6, 6.07) is 21.5. The van der Waals surface area contributed by atoms with Gasteiger partial charge in [0.05, 0.1) is 0 Å². The van der Waals surface area contributed by atoms with Crippen molar-refractivity contribution in [1.29, 1.82) is 0 Å². The summed E-state index contributed by atoms with van der Waals surface area (Å²) in [6.07, 6.45) is 0.904. The summed E-state index contributed by atoms with van der Waals surface area (Å²) in [5, 5.41) is 6.03. The number of ether oxygens (including phenoxy) is 2. The summed E-state index contributed by atoms with van der Waals surface area (Å²) in [5.74, 6) is 1.68. The molecule has 4 rings (SSSR count). The van der Waals surface area contributed by atoms with Crippen molar-refractivity contribution in [2.45, 2.75) is 12.5 Å². The van der Waals surface area contributed by atoms with Crippen molar-refractivity contribution in [3.8, 4) is 11.5 Å². The van der Waals surface area contributed by atoms with Gasteiger partial charge in [-0.25, -0.2) is 0 Å². The van der Waals surface area contributed by atoms with Gasteiger partial charge in [0.25, 0.3) is 0 Å². The van der Waals surface area contributed by atoms with E-state index in [0.29, 0.717) is 6.79 Å². The lowest BCUT2D eigenvalue weighted by molar-refractivity contribution is 0.174. The second-order valence-corrected chi connectivity index (χ2v) is 5.80. The first-order valence-electron chi connectivity index (χ1n) is 7.88. The van der Waals surface area contributed by atoms with Crippen LogP contribution in [0, 0.1) is 0 Å². The molecule has 116 valence electrons. The lowest BCUT2D eigenvalue weighted by Crippen LogP contribution is -2.19. The van der Waals surface area contributed by atoms with E-state index < -0.39 is 0 Å². The van der Waals surface area contributed by atoms with E-state index in [1.54, 1.807) is 0 Å². The number of hydrogen-bond acceptors (Lipinski definition) is 3. The van der Waals surface area contributed by atoms with Crippen molar-refractivity contribution < 1.29 is 9.47 Å². The van der Waals surface area contributed by atoms with E-state index in [1.807, 2.05) is 13.1 Å². The molecule has 3 heteroatoms. The molecule has 3 nitrogen and oxygen atoms in total. The number of benzene rings is 3. The zero-order valence-corrected chi connectivity index (χ0v) is 13.1.